The van der Waals surface area contributed by atoms with Crippen molar-refractivity contribution in [1.29, 1.82) is 10.5 Å². The van der Waals surface area contributed by atoms with Gasteiger partial charge in [-0.2, -0.15) is 10.5 Å². The van der Waals surface area contributed by atoms with Crippen molar-refractivity contribution in [2.75, 3.05) is 0 Å². The molecule has 0 N–H and O–H groups in total. The lowest BCUT2D eigenvalue weighted by molar-refractivity contribution is 0.518. The summed E-state index contributed by atoms with van der Waals surface area (Å²) in [6.45, 7) is 0. The Morgan fingerprint density at radius 1 is 1.33 bits per heavy atom. The summed E-state index contributed by atoms with van der Waals surface area (Å²) in [4.78, 5) is 4.30. The van der Waals surface area contributed by atoms with Crippen molar-refractivity contribution in [2.24, 2.45) is 5.92 Å². The van der Waals surface area contributed by atoms with Crippen molar-refractivity contribution in [3.63, 3.8) is 0 Å². The van der Waals surface area contributed by atoms with E-state index in [0.717, 1.165) is 31.4 Å². The molecule has 1 aliphatic rings. The third-order valence-electron chi connectivity index (χ3n) is 3.28. The molecule has 0 fully saturated rings. The number of allylic oxidation sites excluding steroid dienone is 2. The molecule has 0 saturated carbocycles. The molecule has 3 nitrogen and oxygen atoms in total. The van der Waals surface area contributed by atoms with Crippen LogP contribution in [0.5, 0.6) is 0 Å². The van der Waals surface area contributed by atoms with E-state index >= 15 is 0 Å². The second-order valence-electron chi connectivity index (χ2n) is 4.67. The molecule has 3 heteroatoms. The molecule has 0 bridgehead atoms. The quantitative estimate of drug-likeness (QED) is 0.759. The minimum atomic E-state index is 0.488. The summed E-state index contributed by atoms with van der Waals surface area (Å²) in [5.74, 6) is 0.488. The van der Waals surface area contributed by atoms with Gasteiger partial charge in [0, 0.05) is 11.9 Å². The van der Waals surface area contributed by atoms with E-state index in [1.807, 2.05) is 12.1 Å². The highest BCUT2D eigenvalue weighted by Gasteiger charge is 2.14. The number of hydrogen-bond donors (Lipinski definition) is 0. The Labute approximate surface area is 107 Å². The molecule has 1 aromatic heterocycles. The van der Waals surface area contributed by atoms with Crippen molar-refractivity contribution in [1.82, 2.24) is 4.98 Å². The zero-order chi connectivity index (χ0) is 12.8. The van der Waals surface area contributed by atoms with Gasteiger partial charge in [0.2, 0.25) is 0 Å². The number of aromatic nitrogens is 1. The van der Waals surface area contributed by atoms with E-state index in [9.17, 15) is 0 Å². The van der Waals surface area contributed by atoms with E-state index in [0.29, 0.717) is 17.9 Å². The third-order valence-corrected chi connectivity index (χ3v) is 3.28. The maximum atomic E-state index is 8.72. The Morgan fingerprint density at radius 3 is 2.89 bits per heavy atom. The van der Waals surface area contributed by atoms with Gasteiger partial charge >= 0.3 is 0 Å². The summed E-state index contributed by atoms with van der Waals surface area (Å²) in [7, 11) is 0. The summed E-state index contributed by atoms with van der Waals surface area (Å²) >= 11 is 0. The van der Waals surface area contributed by atoms with Gasteiger partial charge in [0.25, 0.3) is 0 Å². The van der Waals surface area contributed by atoms with Crippen molar-refractivity contribution >= 4 is 0 Å². The number of nitriles is 2. The molecular formula is C15H15N3. The highest BCUT2D eigenvalue weighted by atomic mass is 14.7. The van der Waals surface area contributed by atoms with Gasteiger partial charge in [0.1, 0.15) is 6.07 Å². The van der Waals surface area contributed by atoms with Gasteiger partial charge in [0.15, 0.2) is 0 Å². The molecule has 0 aliphatic heterocycles. The number of nitrogens with zero attached hydrogens (tertiary/aromatic N) is 3. The molecule has 18 heavy (non-hydrogen) atoms. The minimum Gasteiger partial charge on any atom is -0.260 e. The lowest BCUT2D eigenvalue weighted by Crippen LogP contribution is -2.08. The summed E-state index contributed by atoms with van der Waals surface area (Å²) in [6, 6.07) is 8.02. The van der Waals surface area contributed by atoms with Crippen molar-refractivity contribution in [2.45, 2.75) is 32.1 Å². The molecule has 2 rings (SSSR count). The third kappa shape index (κ3) is 3.18. The highest BCUT2D eigenvalue weighted by Crippen LogP contribution is 2.26. The smallest absolute Gasteiger partial charge is 0.101 e. The predicted molar refractivity (Wildman–Crippen MR) is 68.3 cm³/mol. The Morgan fingerprint density at radius 2 is 2.22 bits per heavy atom. The average molecular weight is 237 g/mol. The molecule has 0 spiro atoms. The van der Waals surface area contributed by atoms with Gasteiger partial charge < -0.3 is 0 Å². The lowest BCUT2D eigenvalue weighted by atomic mass is 9.86. The Kier molecular flexibility index (Phi) is 4.10. The van der Waals surface area contributed by atoms with Crippen LogP contribution in [0.15, 0.2) is 30.0 Å². The zero-order valence-corrected chi connectivity index (χ0v) is 10.3. The summed E-state index contributed by atoms with van der Waals surface area (Å²) in [5, 5.41) is 17.4. The van der Waals surface area contributed by atoms with Crippen LogP contribution in [0.3, 0.4) is 0 Å². The SMILES string of the molecule is N#CCC1=CC(Cc2ccc(C#N)cn2)CCC1. The van der Waals surface area contributed by atoms with E-state index in [-0.39, 0.29) is 0 Å². The summed E-state index contributed by atoms with van der Waals surface area (Å²) < 4.78 is 0. The van der Waals surface area contributed by atoms with Crippen molar-refractivity contribution in [3.8, 4) is 12.1 Å². The first-order chi connectivity index (χ1) is 8.81. The molecule has 0 saturated heterocycles. The molecule has 1 aromatic rings. The van der Waals surface area contributed by atoms with Crippen LogP contribution in [0.1, 0.15) is 36.9 Å². The van der Waals surface area contributed by atoms with E-state index in [2.05, 4.69) is 23.2 Å². The van der Waals surface area contributed by atoms with Gasteiger partial charge in [-0.25, -0.2) is 0 Å². The second-order valence-corrected chi connectivity index (χ2v) is 4.67. The minimum absolute atomic E-state index is 0.488. The van der Waals surface area contributed by atoms with Crippen LogP contribution in [0, 0.1) is 28.6 Å². The number of rotatable bonds is 3. The van der Waals surface area contributed by atoms with Crippen LogP contribution in [-0.4, -0.2) is 4.98 Å². The predicted octanol–water partition coefficient (Wildman–Crippen LogP) is 3.14. The van der Waals surface area contributed by atoms with Crippen LogP contribution in [0.2, 0.25) is 0 Å². The van der Waals surface area contributed by atoms with Crippen LogP contribution in [-0.2, 0) is 6.42 Å². The molecule has 90 valence electrons. The van der Waals surface area contributed by atoms with Gasteiger partial charge in [-0.1, -0.05) is 11.6 Å². The number of pyridine rings is 1. The molecule has 1 heterocycles. The fourth-order valence-electron chi connectivity index (χ4n) is 2.38. The van der Waals surface area contributed by atoms with Crippen molar-refractivity contribution < 1.29 is 0 Å². The summed E-state index contributed by atoms with van der Waals surface area (Å²) in [5.41, 5.74) is 2.89. The van der Waals surface area contributed by atoms with Crippen LogP contribution >= 0.6 is 0 Å². The topological polar surface area (TPSA) is 60.5 Å². The number of hydrogen-bond acceptors (Lipinski definition) is 3. The maximum absolute atomic E-state index is 8.72. The largest absolute Gasteiger partial charge is 0.260 e. The Bertz CT molecular complexity index is 514. The van der Waals surface area contributed by atoms with Crippen molar-refractivity contribution in [3.05, 3.63) is 41.2 Å². The van der Waals surface area contributed by atoms with E-state index in [1.165, 1.54) is 5.57 Å². The Balaban J connectivity index is 2.02. The zero-order valence-electron chi connectivity index (χ0n) is 10.3. The van der Waals surface area contributed by atoms with Gasteiger partial charge in [-0.3, -0.25) is 4.98 Å². The van der Waals surface area contributed by atoms with Crippen LogP contribution in [0.25, 0.3) is 0 Å². The monoisotopic (exact) mass is 237 g/mol. The first-order valence-corrected chi connectivity index (χ1v) is 6.23. The Hall–Kier alpha value is -2.13. The molecule has 0 radical (unpaired) electrons. The van der Waals surface area contributed by atoms with Gasteiger partial charge in [-0.15, -0.1) is 0 Å². The lowest BCUT2D eigenvalue weighted by Gasteiger charge is -2.19. The molecular weight excluding hydrogens is 222 g/mol. The van der Waals surface area contributed by atoms with E-state index in [1.54, 1.807) is 6.20 Å². The molecule has 0 aromatic carbocycles. The molecule has 1 unspecified atom stereocenters. The van der Waals surface area contributed by atoms with Gasteiger partial charge in [-0.05, 0) is 43.7 Å². The van der Waals surface area contributed by atoms with Crippen LogP contribution in [0.4, 0.5) is 0 Å². The first kappa shape index (κ1) is 12.3. The fraction of sp³-hybridized carbons (Fsp3) is 0.400. The maximum Gasteiger partial charge on any atom is 0.101 e. The normalized spacial score (nSPS) is 18.6. The molecule has 0 amide bonds. The average Bonchev–Trinajstić information content (AvgIpc) is 2.40. The van der Waals surface area contributed by atoms with Crippen LogP contribution < -0.4 is 0 Å². The molecule has 1 aliphatic carbocycles. The summed E-state index contributed by atoms with van der Waals surface area (Å²) in [6.07, 6.45) is 8.71. The van der Waals surface area contributed by atoms with Gasteiger partial charge in [0.05, 0.1) is 18.1 Å². The van der Waals surface area contributed by atoms with E-state index < -0.39 is 0 Å². The molecule has 1 atom stereocenters. The standard InChI is InChI=1S/C15H15N3/c16-7-6-12-2-1-3-13(8-12)9-15-5-4-14(10-17)11-18-15/h4-5,8,11,13H,1-3,6,9H2. The van der Waals surface area contributed by atoms with E-state index in [4.69, 9.17) is 10.5 Å². The first-order valence-electron chi connectivity index (χ1n) is 6.23. The second kappa shape index (κ2) is 5.98. The fourth-order valence-corrected chi connectivity index (χ4v) is 2.38. The highest BCUT2D eigenvalue weighted by molar-refractivity contribution is 5.26.